The van der Waals surface area contributed by atoms with Crippen LogP contribution in [0.15, 0.2) is 0 Å². The van der Waals surface area contributed by atoms with Crippen LogP contribution in [0, 0.1) is 0 Å². The summed E-state index contributed by atoms with van der Waals surface area (Å²) >= 11 is 0. The summed E-state index contributed by atoms with van der Waals surface area (Å²) in [5, 5.41) is 0. The molecule has 5 heteroatoms. The molecule has 0 saturated carbocycles. The van der Waals surface area contributed by atoms with E-state index in [2.05, 4.69) is 0 Å². The van der Waals surface area contributed by atoms with Gasteiger partial charge in [0, 0.05) is 0 Å². The van der Waals surface area contributed by atoms with E-state index in [1.54, 1.807) is 52.8 Å². The second-order valence-electron chi connectivity index (χ2n) is 1.99. The number of carbonyl (C=O) groups excluding carboxylic acids is 4. The van der Waals surface area contributed by atoms with Crippen molar-refractivity contribution in [1.29, 1.82) is 0 Å². The van der Waals surface area contributed by atoms with Crippen molar-refractivity contribution in [1.82, 2.24) is 0 Å². The van der Waals surface area contributed by atoms with Gasteiger partial charge in [0.2, 0.25) is 0 Å². The third-order valence-electron chi connectivity index (χ3n) is 0.577. The second-order valence-corrected chi connectivity index (χ2v) is 1.99. The van der Waals surface area contributed by atoms with Crippen molar-refractivity contribution in [2.45, 2.75) is 53.4 Å². The van der Waals surface area contributed by atoms with Crippen LogP contribution in [0.2, 0.25) is 0 Å². The minimum Gasteiger partial charge on any atom is -0.542 e. The standard InChI is InChI=1S/4C3H5O.Ti/c4*1-2-3-4;/h4*2H2,1H3;/q4*-1;+4. The van der Waals surface area contributed by atoms with Crippen molar-refractivity contribution < 1.29 is 40.9 Å². The number of rotatable bonds is 4. The Kier molecular flexibility index (Phi) is 103. The Morgan fingerprint density at radius 2 is 0.588 bits per heavy atom. The Morgan fingerprint density at radius 1 is 0.529 bits per heavy atom. The Bertz CT molecular complexity index is 106. The predicted molar refractivity (Wildman–Crippen MR) is 63.9 cm³/mol. The van der Waals surface area contributed by atoms with Crippen molar-refractivity contribution in [2.24, 2.45) is 0 Å². The van der Waals surface area contributed by atoms with Crippen LogP contribution >= 0.6 is 0 Å². The van der Waals surface area contributed by atoms with Crippen LogP contribution in [-0.2, 0) is 40.9 Å². The largest absolute Gasteiger partial charge is 4.00 e. The summed E-state index contributed by atoms with van der Waals surface area (Å²) in [6.07, 6.45) is 8.78. The molecule has 96 valence electrons. The van der Waals surface area contributed by atoms with E-state index in [1.807, 2.05) is 0 Å². The maximum atomic E-state index is 9.05. The zero-order valence-corrected chi connectivity index (χ0v) is 12.5. The molecule has 0 aromatic heterocycles. The second kappa shape index (κ2) is 58.3. The molecular weight excluding hydrogens is 256 g/mol. The molecular formula is C12H20O4Ti. The average molecular weight is 276 g/mol. The Balaban J connectivity index is -0.0000000369. The maximum Gasteiger partial charge on any atom is 4.00 e. The van der Waals surface area contributed by atoms with E-state index in [0.717, 1.165) is 0 Å². The quantitative estimate of drug-likeness (QED) is 0.582. The maximum absolute atomic E-state index is 9.05. The Morgan fingerprint density at radius 3 is 0.588 bits per heavy atom. The van der Waals surface area contributed by atoms with Gasteiger partial charge in [-0.1, -0.05) is 27.7 Å². The van der Waals surface area contributed by atoms with Gasteiger partial charge >= 0.3 is 21.7 Å². The fourth-order valence-electron chi connectivity index (χ4n) is 0. The molecule has 0 radical (unpaired) electrons. The average Bonchev–Trinajstić information content (AvgIpc) is 2.39. The topological polar surface area (TPSA) is 68.3 Å². The summed E-state index contributed by atoms with van der Waals surface area (Å²) in [5.41, 5.74) is 0. The van der Waals surface area contributed by atoms with Crippen LogP contribution in [0.1, 0.15) is 53.4 Å². The van der Waals surface area contributed by atoms with Gasteiger partial charge in [-0.05, 0) is 0 Å². The van der Waals surface area contributed by atoms with Gasteiger partial charge in [0.25, 0.3) is 0 Å². The molecule has 0 aromatic rings. The molecule has 0 aromatic carbocycles. The molecule has 0 N–H and O–H groups in total. The SMILES string of the molecule is CC[C-]=O.CC[C-]=O.CC[C-]=O.CC[C-]=O.[Ti+4]. The number of hydrogen-bond donors (Lipinski definition) is 0. The van der Waals surface area contributed by atoms with Gasteiger partial charge in [-0.2, -0.15) is 25.7 Å². The monoisotopic (exact) mass is 276 g/mol. The number of hydrogen-bond acceptors (Lipinski definition) is 4. The Hall–Kier alpha value is -0.606. The van der Waals surface area contributed by atoms with Gasteiger partial charge in [-0.15, -0.1) is 0 Å². The fourth-order valence-corrected chi connectivity index (χ4v) is 0. The third-order valence-corrected chi connectivity index (χ3v) is 0.577. The third kappa shape index (κ3) is 240. The summed E-state index contributed by atoms with van der Waals surface area (Å²) in [7, 11) is 0. The van der Waals surface area contributed by atoms with E-state index in [0.29, 0.717) is 25.7 Å². The van der Waals surface area contributed by atoms with Crippen molar-refractivity contribution in [3.63, 3.8) is 0 Å². The first-order valence-corrected chi connectivity index (χ1v) is 5.06. The normalized spacial score (nSPS) is 5.88. The molecule has 0 aliphatic heterocycles. The van der Waals surface area contributed by atoms with Gasteiger partial charge in [-0.3, -0.25) is 25.1 Å². The molecule has 4 nitrogen and oxygen atoms in total. The molecule has 0 heterocycles. The zero-order valence-electron chi connectivity index (χ0n) is 11.0. The van der Waals surface area contributed by atoms with E-state index in [-0.39, 0.29) is 21.7 Å². The molecule has 0 spiro atoms. The molecule has 0 aliphatic rings. The summed E-state index contributed by atoms with van der Waals surface area (Å²) in [6.45, 7) is 7.03. The first kappa shape index (κ1) is 29.9. The van der Waals surface area contributed by atoms with Crippen LogP contribution in [0.4, 0.5) is 0 Å². The van der Waals surface area contributed by atoms with Crippen LogP contribution in [0.3, 0.4) is 0 Å². The smallest absolute Gasteiger partial charge is 0.542 e. The van der Waals surface area contributed by atoms with Crippen LogP contribution in [-0.4, -0.2) is 25.1 Å². The first-order chi connectivity index (χ1) is 7.66. The summed E-state index contributed by atoms with van der Waals surface area (Å²) in [4.78, 5) is 36.2. The molecule has 0 bridgehead atoms. The van der Waals surface area contributed by atoms with E-state index in [9.17, 15) is 0 Å². The molecule has 0 amide bonds. The van der Waals surface area contributed by atoms with Crippen LogP contribution in [0.25, 0.3) is 0 Å². The molecule has 0 aliphatic carbocycles. The minimum atomic E-state index is 0. The first-order valence-electron chi connectivity index (χ1n) is 5.06. The van der Waals surface area contributed by atoms with Gasteiger partial charge in [0.15, 0.2) is 0 Å². The molecule has 0 atom stereocenters. The Labute approximate surface area is 119 Å². The van der Waals surface area contributed by atoms with E-state index in [1.165, 1.54) is 0 Å². The summed E-state index contributed by atoms with van der Waals surface area (Å²) < 4.78 is 0. The zero-order chi connectivity index (χ0) is 13.7. The molecule has 0 unspecified atom stereocenters. The van der Waals surface area contributed by atoms with Crippen molar-refractivity contribution >= 4 is 25.1 Å². The van der Waals surface area contributed by atoms with E-state index in [4.69, 9.17) is 19.2 Å². The summed E-state index contributed by atoms with van der Waals surface area (Å²) in [5.74, 6) is 0. The van der Waals surface area contributed by atoms with Crippen molar-refractivity contribution in [3.8, 4) is 0 Å². The minimum absolute atomic E-state index is 0. The van der Waals surface area contributed by atoms with Crippen LogP contribution in [0.5, 0.6) is 0 Å². The van der Waals surface area contributed by atoms with Gasteiger partial charge in [0.1, 0.15) is 0 Å². The fraction of sp³-hybridized carbons (Fsp3) is 0.667. The van der Waals surface area contributed by atoms with Crippen molar-refractivity contribution in [3.05, 3.63) is 0 Å². The van der Waals surface area contributed by atoms with E-state index < -0.39 is 0 Å². The van der Waals surface area contributed by atoms with Crippen molar-refractivity contribution in [2.75, 3.05) is 0 Å². The molecule has 0 fully saturated rings. The molecule has 17 heavy (non-hydrogen) atoms. The van der Waals surface area contributed by atoms with Gasteiger partial charge in [0.05, 0.1) is 0 Å². The van der Waals surface area contributed by atoms with Gasteiger partial charge < -0.3 is 19.2 Å². The molecule has 0 rings (SSSR count). The predicted octanol–water partition coefficient (Wildman–Crippen LogP) is 2.02. The molecule has 0 saturated heterocycles. The van der Waals surface area contributed by atoms with Crippen LogP contribution < -0.4 is 0 Å². The van der Waals surface area contributed by atoms with Gasteiger partial charge in [-0.25, -0.2) is 0 Å². The summed E-state index contributed by atoms with van der Waals surface area (Å²) in [6, 6.07) is 0. The van der Waals surface area contributed by atoms with E-state index >= 15 is 0 Å².